The highest BCUT2D eigenvalue weighted by molar-refractivity contribution is 7.93. The van der Waals surface area contributed by atoms with Crippen molar-refractivity contribution in [1.82, 2.24) is 4.98 Å². The monoisotopic (exact) mass is 502 g/mol. The summed E-state index contributed by atoms with van der Waals surface area (Å²) in [6.45, 7) is 1.54. The number of hydrogen-bond acceptors (Lipinski definition) is 6. The average molecular weight is 503 g/mol. The van der Waals surface area contributed by atoms with Crippen LogP contribution >= 0.6 is 0 Å². The first kappa shape index (κ1) is 23.6. The number of carbonyl (C=O) groups is 1. The normalized spacial score (nSPS) is 13.5. The number of pyridine rings is 1. The molecule has 184 valence electrons. The molecule has 1 aliphatic rings. The maximum atomic E-state index is 13.6. The maximum Gasteiger partial charge on any atom is 0.274 e. The largest absolute Gasteiger partial charge is 0.495 e. The first-order chi connectivity index (χ1) is 17.4. The molecule has 4 aromatic rings. The number of amides is 1. The molecule has 1 amide bonds. The van der Waals surface area contributed by atoms with Gasteiger partial charge < -0.3 is 15.0 Å². The van der Waals surface area contributed by atoms with E-state index in [9.17, 15) is 13.2 Å². The van der Waals surface area contributed by atoms with Crippen LogP contribution in [0.2, 0.25) is 0 Å². The summed E-state index contributed by atoms with van der Waals surface area (Å²) in [6, 6.07) is 22.8. The van der Waals surface area contributed by atoms with Gasteiger partial charge >= 0.3 is 0 Å². The second-order valence-corrected chi connectivity index (χ2v) is 10.2. The first-order valence-corrected chi connectivity index (χ1v) is 13.1. The van der Waals surface area contributed by atoms with Crippen LogP contribution < -0.4 is 19.7 Å². The van der Waals surface area contributed by atoms with Crippen molar-refractivity contribution >= 4 is 43.9 Å². The van der Waals surface area contributed by atoms with Gasteiger partial charge in [0.15, 0.2) is 0 Å². The number of ether oxygens (including phenoxy) is 1. The molecule has 3 aromatic carbocycles. The Morgan fingerprint density at radius 1 is 0.944 bits per heavy atom. The number of nitrogens with zero attached hydrogens (tertiary/aromatic N) is 2. The Morgan fingerprint density at radius 3 is 2.50 bits per heavy atom. The second-order valence-electron chi connectivity index (χ2n) is 8.53. The standard InChI is InChI=1S/C27H26N4O4S/c1-35-25-11-5-4-10-22(25)30-36(33,34)26-18-20(13-15-24(26)31-16-6-7-17-31)28-27(32)23-14-12-19-8-2-3-9-21(19)29-23/h2-5,8-15,18,30H,6-7,16-17H2,1H3,(H,28,32). The number of nitrogens with one attached hydrogen (secondary N) is 2. The fraction of sp³-hybridized carbons (Fsp3) is 0.185. The number of hydrogen-bond donors (Lipinski definition) is 2. The highest BCUT2D eigenvalue weighted by atomic mass is 32.2. The van der Waals surface area contributed by atoms with E-state index in [0.29, 0.717) is 28.3 Å². The fourth-order valence-electron chi connectivity index (χ4n) is 4.34. The van der Waals surface area contributed by atoms with Gasteiger partial charge in [-0.2, -0.15) is 0 Å². The third kappa shape index (κ3) is 4.83. The number of rotatable bonds is 7. The molecule has 2 heterocycles. The third-order valence-corrected chi connectivity index (χ3v) is 7.53. The van der Waals surface area contributed by atoms with Gasteiger partial charge in [0.05, 0.1) is 24.0 Å². The number of fused-ring (bicyclic) bond motifs is 1. The van der Waals surface area contributed by atoms with Gasteiger partial charge in [0.2, 0.25) is 0 Å². The molecule has 9 heteroatoms. The molecule has 0 bridgehead atoms. The Morgan fingerprint density at radius 2 is 1.69 bits per heavy atom. The lowest BCUT2D eigenvalue weighted by Gasteiger charge is -2.23. The number of methoxy groups -OCH3 is 1. The van der Waals surface area contributed by atoms with Gasteiger partial charge in [-0.3, -0.25) is 9.52 Å². The van der Waals surface area contributed by atoms with E-state index in [1.54, 1.807) is 42.5 Å². The van der Waals surface area contributed by atoms with Crippen LogP contribution in [0, 0.1) is 0 Å². The van der Waals surface area contributed by atoms with Crippen molar-refractivity contribution in [2.24, 2.45) is 0 Å². The highest BCUT2D eigenvalue weighted by Crippen LogP contribution is 2.34. The average Bonchev–Trinajstić information content (AvgIpc) is 3.43. The molecular formula is C27H26N4O4S. The molecule has 1 saturated heterocycles. The van der Waals surface area contributed by atoms with Gasteiger partial charge in [-0.05, 0) is 55.3 Å². The van der Waals surface area contributed by atoms with Crippen molar-refractivity contribution in [3.8, 4) is 5.75 Å². The van der Waals surface area contributed by atoms with Crippen LogP contribution in [0.3, 0.4) is 0 Å². The zero-order chi connectivity index (χ0) is 25.1. The van der Waals surface area contributed by atoms with E-state index in [1.165, 1.54) is 13.2 Å². The van der Waals surface area contributed by atoms with Crippen LogP contribution in [0.25, 0.3) is 10.9 Å². The molecule has 1 aliphatic heterocycles. The molecule has 0 radical (unpaired) electrons. The van der Waals surface area contributed by atoms with Crippen molar-refractivity contribution in [2.45, 2.75) is 17.7 Å². The van der Waals surface area contributed by atoms with E-state index in [0.717, 1.165) is 31.3 Å². The second kappa shape index (κ2) is 9.87. The molecule has 0 aliphatic carbocycles. The molecule has 0 spiro atoms. The Hall–Kier alpha value is -4.11. The van der Waals surface area contributed by atoms with E-state index in [-0.39, 0.29) is 10.6 Å². The van der Waals surface area contributed by atoms with E-state index in [2.05, 4.69) is 15.0 Å². The lowest BCUT2D eigenvalue weighted by atomic mass is 10.2. The van der Waals surface area contributed by atoms with Crippen molar-refractivity contribution in [3.63, 3.8) is 0 Å². The summed E-state index contributed by atoms with van der Waals surface area (Å²) in [7, 11) is -2.52. The summed E-state index contributed by atoms with van der Waals surface area (Å²) in [5, 5.41) is 3.73. The smallest absolute Gasteiger partial charge is 0.274 e. The van der Waals surface area contributed by atoms with Crippen molar-refractivity contribution in [2.75, 3.05) is 35.1 Å². The van der Waals surface area contributed by atoms with E-state index < -0.39 is 15.9 Å². The SMILES string of the molecule is COc1ccccc1NS(=O)(=O)c1cc(NC(=O)c2ccc3ccccc3n2)ccc1N1CCCC1. The minimum Gasteiger partial charge on any atom is -0.495 e. The topological polar surface area (TPSA) is 101 Å². The number of carbonyl (C=O) groups excluding carboxylic acids is 1. The number of aromatic nitrogens is 1. The Labute approximate surface area is 210 Å². The van der Waals surface area contributed by atoms with Gasteiger partial charge in [-0.1, -0.05) is 36.4 Å². The lowest BCUT2D eigenvalue weighted by molar-refractivity contribution is 0.102. The van der Waals surface area contributed by atoms with Crippen LogP contribution in [-0.2, 0) is 10.0 Å². The lowest BCUT2D eigenvalue weighted by Crippen LogP contribution is -2.23. The van der Waals surface area contributed by atoms with Crippen LogP contribution in [-0.4, -0.2) is 39.5 Å². The van der Waals surface area contributed by atoms with E-state index >= 15 is 0 Å². The summed E-state index contributed by atoms with van der Waals surface area (Å²) < 4.78 is 35.1. The van der Waals surface area contributed by atoms with Gasteiger partial charge in [0, 0.05) is 24.2 Å². The fourth-order valence-corrected chi connectivity index (χ4v) is 5.67. The summed E-state index contributed by atoms with van der Waals surface area (Å²) in [5.74, 6) is -0.00801. The minimum atomic E-state index is -4.00. The quantitative estimate of drug-likeness (QED) is 0.373. The molecule has 2 N–H and O–H groups in total. The van der Waals surface area contributed by atoms with Crippen LogP contribution in [0.4, 0.5) is 17.1 Å². The maximum absolute atomic E-state index is 13.6. The first-order valence-electron chi connectivity index (χ1n) is 11.7. The minimum absolute atomic E-state index is 0.0829. The number of sulfonamides is 1. The van der Waals surface area contributed by atoms with Gasteiger partial charge in [0.25, 0.3) is 15.9 Å². The van der Waals surface area contributed by atoms with Crippen molar-refractivity contribution < 1.29 is 17.9 Å². The predicted octanol–water partition coefficient (Wildman–Crippen LogP) is 4.90. The predicted molar refractivity (Wildman–Crippen MR) is 141 cm³/mol. The van der Waals surface area contributed by atoms with Gasteiger partial charge in [0.1, 0.15) is 16.3 Å². The molecule has 0 atom stereocenters. The van der Waals surface area contributed by atoms with Gasteiger partial charge in [-0.25, -0.2) is 13.4 Å². The summed E-state index contributed by atoms with van der Waals surface area (Å²) in [6.07, 6.45) is 1.98. The number of benzene rings is 3. The van der Waals surface area contributed by atoms with Crippen LogP contribution in [0.15, 0.2) is 83.8 Å². The zero-order valence-corrected chi connectivity index (χ0v) is 20.6. The Balaban J connectivity index is 1.48. The molecule has 0 saturated carbocycles. The van der Waals surface area contributed by atoms with E-state index in [4.69, 9.17) is 4.74 Å². The molecular weight excluding hydrogens is 476 g/mol. The summed E-state index contributed by atoms with van der Waals surface area (Å²) in [5.41, 5.74) is 2.24. The summed E-state index contributed by atoms with van der Waals surface area (Å²) in [4.78, 5) is 19.5. The molecule has 36 heavy (non-hydrogen) atoms. The number of para-hydroxylation sites is 3. The van der Waals surface area contributed by atoms with Crippen molar-refractivity contribution in [3.05, 3.63) is 84.6 Å². The number of anilines is 3. The van der Waals surface area contributed by atoms with Crippen LogP contribution in [0.1, 0.15) is 23.3 Å². The Bertz CT molecular complexity index is 1530. The molecule has 1 fully saturated rings. The molecule has 8 nitrogen and oxygen atoms in total. The molecule has 5 rings (SSSR count). The van der Waals surface area contributed by atoms with E-state index in [1.807, 2.05) is 35.2 Å². The summed E-state index contributed by atoms with van der Waals surface area (Å²) >= 11 is 0. The van der Waals surface area contributed by atoms with Crippen LogP contribution in [0.5, 0.6) is 5.75 Å². The van der Waals surface area contributed by atoms with Crippen molar-refractivity contribution in [1.29, 1.82) is 0 Å². The van der Waals surface area contributed by atoms with Gasteiger partial charge in [-0.15, -0.1) is 0 Å². The zero-order valence-electron chi connectivity index (χ0n) is 19.8. The highest BCUT2D eigenvalue weighted by Gasteiger charge is 2.26. The third-order valence-electron chi connectivity index (χ3n) is 6.14. The molecule has 0 unspecified atom stereocenters. The Kier molecular flexibility index (Phi) is 6.47. The molecule has 1 aromatic heterocycles.